The highest BCUT2D eigenvalue weighted by molar-refractivity contribution is 7.92. The third-order valence-corrected chi connectivity index (χ3v) is 5.62. The van der Waals surface area contributed by atoms with Crippen LogP contribution in [0.2, 0.25) is 0 Å². The van der Waals surface area contributed by atoms with Crippen molar-refractivity contribution >= 4 is 33.6 Å². The summed E-state index contributed by atoms with van der Waals surface area (Å²) in [5.74, 6) is 1.11. The Hall–Kier alpha value is -3.11. The summed E-state index contributed by atoms with van der Waals surface area (Å²) in [6.45, 7) is 1.74. The molecule has 3 aromatic rings. The molecule has 0 saturated heterocycles. The van der Waals surface area contributed by atoms with Gasteiger partial charge in [-0.05, 0) is 37.3 Å². The number of aliphatic imine (C=N–C) groups is 1. The molecule has 140 valence electrons. The van der Waals surface area contributed by atoms with Crippen molar-refractivity contribution in [1.29, 1.82) is 0 Å². The summed E-state index contributed by atoms with van der Waals surface area (Å²) in [6.07, 6.45) is 4.17. The van der Waals surface area contributed by atoms with Crippen LogP contribution in [0.25, 0.3) is 0 Å². The minimum atomic E-state index is -3.75. The van der Waals surface area contributed by atoms with Crippen molar-refractivity contribution in [3.63, 3.8) is 0 Å². The molecule has 0 bridgehead atoms. The Morgan fingerprint density at radius 2 is 1.96 bits per heavy atom. The van der Waals surface area contributed by atoms with E-state index in [0.29, 0.717) is 17.4 Å². The first-order valence-corrected chi connectivity index (χ1v) is 9.62. The molecular formula is C17H18N6O3S. The Bertz CT molecular complexity index is 1090. The minimum Gasteiger partial charge on any atom is -0.446 e. The molecule has 1 aromatic carbocycles. The molecule has 1 atom stereocenters. The maximum absolute atomic E-state index is 12.5. The highest BCUT2D eigenvalue weighted by Crippen LogP contribution is 2.34. The van der Waals surface area contributed by atoms with Gasteiger partial charge in [-0.15, -0.1) is 0 Å². The van der Waals surface area contributed by atoms with Crippen LogP contribution in [0.3, 0.4) is 0 Å². The first-order valence-electron chi connectivity index (χ1n) is 8.13. The SMILES string of the molecule is Cc1nc(S(=O)(=O)Nc2ccc(N3C=Nc4occc4C3N)cc2)cn1C. The number of sulfonamides is 1. The Kier molecular flexibility index (Phi) is 4.01. The lowest BCUT2D eigenvalue weighted by Gasteiger charge is -2.29. The number of aromatic nitrogens is 2. The van der Waals surface area contributed by atoms with Gasteiger partial charge < -0.3 is 19.6 Å². The molecule has 4 rings (SSSR count). The number of hydrogen-bond acceptors (Lipinski definition) is 7. The average Bonchev–Trinajstić information content (AvgIpc) is 3.24. The van der Waals surface area contributed by atoms with Crippen molar-refractivity contribution < 1.29 is 12.8 Å². The van der Waals surface area contributed by atoms with Gasteiger partial charge in [-0.25, -0.2) is 9.98 Å². The lowest BCUT2D eigenvalue weighted by Crippen LogP contribution is -2.35. The highest BCUT2D eigenvalue weighted by atomic mass is 32.2. The van der Waals surface area contributed by atoms with Gasteiger partial charge in [0.25, 0.3) is 10.0 Å². The van der Waals surface area contributed by atoms with E-state index in [1.165, 1.54) is 6.20 Å². The highest BCUT2D eigenvalue weighted by Gasteiger charge is 2.24. The smallest absolute Gasteiger partial charge is 0.280 e. The van der Waals surface area contributed by atoms with E-state index < -0.39 is 16.2 Å². The van der Waals surface area contributed by atoms with Gasteiger partial charge >= 0.3 is 0 Å². The number of nitrogens with zero attached hydrogens (tertiary/aromatic N) is 4. The molecule has 0 spiro atoms. The van der Waals surface area contributed by atoms with Gasteiger partial charge in [0.15, 0.2) is 5.03 Å². The van der Waals surface area contributed by atoms with Crippen LogP contribution in [0, 0.1) is 6.92 Å². The fourth-order valence-electron chi connectivity index (χ4n) is 2.77. The van der Waals surface area contributed by atoms with Crippen LogP contribution in [-0.2, 0) is 17.1 Å². The van der Waals surface area contributed by atoms with Crippen LogP contribution in [0.5, 0.6) is 0 Å². The zero-order valence-corrected chi connectivity index (χ0v) is 15.5. The minimum absolute atomic E-state index is 0.0238. The number of rotatable bonds is 4. The molecule has 0 aliphatic carbocycles. The van der Waals surface area contributed by atoms with Crippen molar-refractivity contribution in [2.24, 2.45) is 17.8 Å². The van der Waals surface area contributed by atoms with E-state index in [0.717, 1.165) is 11.3 Å². The largest absolute Gasteiger partial charge is 0.446 e. The van der Waals surface area contributed by atoms with Crippen molar-refractivity contribution in [3.8, 4) is 0 Å². The van der Waals surface area contributed by atoms with E-state index in [1.54, 1.807) is 66.4 Å². The van der Waals surface area contributed by atoms with Crippen molar-refractivity contribution in [3.05, 3.63) is 54.2 Å². The van der Waals surface area contributed by atoms with Gasteiger partial charge in [-0.1, -0.05) is 0 Å². The van der Waals surface area contributed by atoms with Crippen LogP contribution in [0.15, 0.2) is 57.2 Å². The Morgan fingerprint density at radius 1 is 1.22 bits per heavy atom. The molecule has 0 fully saturated rings. The number of benzene rings is 1. The predicted octanol–water partition coefficient (Wildman–Crippen LogP) is 2.26. The molecule has 1 unspecified atom stereocenters. The number of aryl methyl sites for hydroxylation is 2. The molecule has 3 heterocycles. The van der Waals surface area contributed by atoms with E-state index in [2.05, 4.69) is 14.7 Å². The molecule has 3 N–H and O–H groups in total. The van der Waals surface area contributed by atoms with Gasteiger partial charge in [-0.2, -0.15) is 8.42 Å². The number of fused-ring (bicyclic) bond motifs is 1. The Labute approximate surface area is 156 Å². The molecule has 2 aromatic heterocycles. The topological polar surface area (TPSA) is 119 Å². The fraction of sp³-hybridized carbons (Fsp3) is 0.176. The molecule has 27 heavy (non-hydrogen) atoms. The summed E-state index contributed by atoms with van der Waals surface area (Å²) >= 11 is 0. The van der Waals surface area contributed by atoms with Crippen LogP contribution < -0.4 is 15.4 Å². The van der Waals surface area contributed by atoms with Gasteiger partial charge in [0, 0.05) is 24.6 Å². The predicted molar refractivity (Wildman–Crippen MR) is 101 cm³/mol. The van der Waals surface area contributed by atoms with Crippen LogP contribution >= 0.6 is 0 Å². The first kappa shape index (κ1) is 17.3. The number of imidazole rings is 1. The van der Waals surface area contributed by atoms with Crippen LogP contribution in [0.4, 0.5) is 17.3 Å². The number of anilines is 2. The van der Waals surface area contributed by atoms with E-state index in [-0.39, 0.29) is 5.03 Å². The summed E-state index contributed by atoms with van der Waals surface area (Å²) in [6, 6.07) is 8.63. The Balaban J connectivity index is 1.54. The zero-order valence-electron chi connectivity index (χ0n) is 14.7. The van der Waals surface area contributed by atoms with Gasteiger partial charge in [0.2, 0.25) is 5.88 Å². The number of furan rings is 1. The van der Waals surface area contributed by atoms with E-state index in [9.17, 15) is 8.42 Å². The summed E-state index contributed by atoms with van der Waals surface area (Å²) in [5.41, 5.74) is 8.23. The average molecular weight is 386 g/mol. The summed E-state index contributed by atoms with van der Waals surface area (Å²) in [7, 11) is -2.01. The summed E-state index contributed by atoms with van der Waals surface area (Å²) in [5, 5.41) is -0.0238. The molecule has 1 aliphatic rings. The third-order valence-electron chi connectivity index (χ3n) is 4.37. The molecule has 10 heteroatoms. The maximum Gasteiger partial charge on any atom is 0.280 e. The fourth-order valence-corrected chi connectivity index (χ4v) is 3.87. The number of hydrogen-bond donors (Lipinski definition) is 2. The van der Waals surface area contributed by atoms with Crippen LogP contribution in [0.1, 0.15) is 17.6 Å². The standard InChI is InChI=1S/C17H18N6O3S/c1-11-20-15(9-22(11)2)27(24,25)21-12-3-5-13(6-4-12)23-10-19-17-14(16(23)18)7-8-26-17/h3-10,16,21H,18H2,1-2H3. The molecule has 0 radical (unpaired) electrons. The van der Waals surface area contributed by atoms with E-state index in [4.69, 9.17) is 10.2 Å². The molecule has 0 saturated carbocycles. The second-order valence-electron chi connectivity index (χ2n) is 6.17. The second kappa shape index (κ2) is 6.25. The van der Waals surface area contributed by atoms with Gasteiger partial charge in [0.05, 0.1) is 11.8 Å². The normalized spacial score (nSPS) is 16.4. The molecule has 0 amide bonds. The molecule has 9 nitrogen and oxygen atoms in total. The maximum atomic E-state index is 12.5. The molecule has 1 aliphatic heterocycles. The summed E-state index contributed by atoms with van der Waals surface area (Å²) < 4.78 is 34.4. The van der Waals surface area contributed by atoms with Gasteiger partial charge in [0.1, 0.15) is 18.3 Å². The number of nitrogens with two attached hydrogens (primary N) is 1. The lowest BCUT2D eigenvalue weighted by molar-refractivity contribution is 0.567. The van der Waals surface area contributed by atoms with E-state index >= 15 is 0 Å². The van der Waals surface area contributed by atoms with Crippen LogP contribution in [-0.4, -0.2) is 24.3 Å². The number of nitrogens with one attached hydrogen (secondary N) is 1. The monoisotopic (exact) mass is 386 g/mol. The first-order chi connectivity index (χ1) is 12.8. The molecular weight excluding hydrogens is 368 g/mol. The zero-order chi connectivity index (χ0) is 19.2. The van der Waals surface area contributed by atoms with Crippen molar-refractivity contribution in [2.75, 3.05) is 9.62 Å². The quantitative estimate of drug-likeness (QED) is 0.710. The summed E-state index contributed by atoms with van der Waals surface area (Å²) in [4.78, 5) is 10.1. The Morgan fingerprint density at radius 3 is 2.63 bits per heavy atom. The van der Waals surface area contributed by atoms with Crippen molar-refractivity contribution in [2.45, 2.75) is 18.1 Å². The second-order valence-corrected chi connectivity index (χ2v) is 7.80. The lowest BCUT2D eigenvalue weighted by atomic mass is 10.2. The van der Waals surface area contributed by atoms with E-state index in [1.807, 2.05) is 0 Å². The van der Waals surface area contributed by atoms with Gasteiger partial charge in [-0.3, -0.25) is 4.72 Å². The third kappa shape index (κ3) is 3.09. The van der Waals surface area contributed by atoms with Crippen molar-refractivity contribution in [1.82, 2.24) is 9.55 Å².